The second kappa shape index (κ2) is 8.44. The molecule has 7 nitrogen and oxygen atoms in total. The van der Waals surface area contributed by atoms with Gasteiger partial charge in [0.2, 0.25) is 0 Å². The largest absolute Gasteiger partial charge is 0.500 e. The van der Waals surface area contributed by atoms with Gasteiger partial charge in [0.15, 0.2) is 0 Å². The molecule has 0 bridgehead atoms. The summed E-state index contributed by atoms with van der Waals surface area (Å²) in [5, 5.41) is 0. The molecule has 0 amide bonds. The van der Waals surface area contributed by atoms with Gasteiger partial charge in [0.1, 0.15) is 0 Å². The Morgan fingerprint density at radius 3 is 2.25 bits per heavy atom. The van der Waals surface area contributed by atoms with Gasteiger partial charge in [-0.15, -0.1) is 0 Å². The summed E-state index contributed by atoms with van der Waals surface area (Å²) in [5.74, 6) is 0. The lowest BCUT2D eigenvalue weighted by Crippen LogP contribution is -2.52. The fraction of sp³-hybridized carbons (Fsp3) is 1.00. The Kier molecular flexibility index (Phi) is 7.96. The van der Waals surface area contributed by atoms with E-state index in [1.54, 1.807) is 21.3 Å². The minimum atomic E-state index is -2.58. The molecule has 0 saturated carbocycles. The summed E-state index contributed by atoms with van der Waals surface area (Å²) >= 11 is 0. The number of hydrogen-bond donors (Lipinski definition) is 0. The zero-order valence-corrected chi connectivity index (χ0v) is 18.9. The van der Waals surface area contributed by atoms with Crippen LogP contribution in [0.1, 0.15) is 0 Å². The summed E-state index contributed by atoms with van der Waals surface area (Å²) in [4.78, 5) is 0. The molecule has 3 unspecified atom stereocenters. The fourth-order valence-electron chi connectivity index (χ4n) is 2.04. The molecule has 0 aromatic carbocycles. The summed E-state index contributed by atoms with van der Waals surface area (Å²) in [6, 6.07) is 1.45. The topological polar surface area (TPSA) is 64.6 Å². The molecule has 1 aliphatic rings. The second-order valence-corrected chi connectivity index (χ2v) is 17.6. The van der Waals surface area contributed by atoms with Crippen molar-refractivity contribution in [1.29, 1.82) is 0 Å². The standard InChI is InChI=1S/C8H26O7Si5/c1-9-20(10-2,11-3)8-7-19(6)13-16-12-17(4)14-18(5)15-19/h17-18H,7-8,16H2,1-6H3. The lowest BCUT2D eigenvalue weighted by atomic mass is 10.9. The first-order chi connectivity index (χ1) is 9.38. The molecule has 0 aromatic rings. The molecule has 1 heterocycles. The predicted molar refractivity (Wildman–Crippen MR) is 86.9 cm³/mol. The van der Waals surface area contributed by atoms with Gasteiger partial charge in [0.05, 0.1) is 0 Å². The van der Waals surface area contributed by atoms with Crippen molar-refractivity contribution in [1.82, 2.24) is 0 Å². The van der Waals surface area contributed by atoms with Gasteiger partial charge in [-0.05, 0) is 25.7 Å². The van der Waals surface area contributed by atoms with Crippen LogP contribution in [-0.4, -0.2) is 67.3 Å². The average Bonchev–Trinajstić information content (AvgIpc) is 2.39. The molecule has 1 rings (SSSR count). The summed E-state index contributed by atoms with van der Waals surface area (Å²) in [7, 11) is -4.22. The molecular formula is C8H26O7Si5. The van der Waals surface area contributed by atoms with Crippen molar-refractivity contribution in [2.75, 3.05) is 21.3 Å². The van der Waals surface area contributed by atoms with Crippen LogP contribution in [0.15, 0.2) is 0 Å². The lowest BCUT2D eigenvalue weighted by molar-refractivity contribution is 0.124. The van der Waals surface area contributed by atoms with Gasteiger partial charge in [0.25, 0.3) is 28.6 Å². The van der Waals surface area contributed by atoms with Crippen LogP contribution < -0.4 is 0 Å². The quantitative estimate of drug-likeness (QED) is 0.592. The van der Waals surface area contributed by atoms with Gasteiger partial charge in [-0.25, -0.2) is 0 Å². The molecule has 3 atom stereocenters. The third-order valence-corrected chi connectivity index (χ3v) is 19.4. The van der Waals surface area contributed by atoms with Crippen LogP contribution in [0, 0.1) is 0 Å². The summed E-state index contributed by atoms with van der Waals surface area (Å²) < 4.78 is 40.0. The molecule has 1 saturated heterocycles. The van der Waals surface area contributed by atoms with Crippen LogP contribution in [0.4, 0.5) is 0 Å². The van der Waals surface area contributed by atoms with Gasteiger partial charge < -0.3 is 29.7 Å². The van der Waals surface area contributed by atoms with E-state index in [4.69, 9.17) is 29.7 Å². The van der Waals surface area contributed by atoms with Gasteiger partial charge in [-0.3, -0.25) is 0 Å². The van der Waals surface area contributed by atoms with Crippen molar-refractivity contribution < 1.29 is 29.7 Å². The Balaban J connectivity index is 2.63. The van der Waals surface area contributed by atoms with E-state index in [1.165, 1.54) is 0 Å². The summed E-state index contributed by atoms with van der Waals surface area (Å²) in [6.45, 7) is 6.11. The third kappa shape index (κ3) is 5.54. The highest BCUT2D eigenvalue weighted by Gasteiger charge is 2.44. The first-order valence-corrected chi connectivity index (χ1v) is 16.4. The molecule has 0 radical (unpaired) electrons. The van der Waals surface area contributed by atoms with E-state index in [1.807, 2.05) is 13.1 Å². The molecule has 0 aliphatic carbocycles. The number of hydrogen-bond acceptors (Lipinski definition) is 7. The normalized spacial score (nSPS) is 33.9. The fourth-order valence-corrected chi connectivity index (χ4v) is 17.5. The van der Waals surface area contributed by atoms with Crippen molar-refractivity contribution in [2.24, 2.45) is 0 Å². The van der Waals surface area contributed by atoms with Crippen molar-refractivity contribution in [3.8, 4) is 0 Å². The minimum absolute atomic E-state index is 0.682. The second-order valence-electron chi connectivity index (χ2n) is 4.75. The average molecular weight is 375 g/mol. The van der Waals surface area contributed by atoms with Gasteiger partial charge in [-0.1, -0.05) is 0 Å². The maximum absolute atomic E-state index is 6.16. The van der Waals surface area contributed by atoms with Gasteiger partial charge in [-0.2, -0.15) is 0 Å². The van der Waals surface area contributed by atoms with Crippen LogP contribution in [0.2, 0.25) is 31.7 Å². The smallest absolute Gasteiger partial charge is 0.423 e. The minimum Gasteiger partial charge on any atom is -0.423 e. The van der Waals surface area contributed by atoms with Crippen LogP contribution >= 0.6 is 0 Å². The zero-order chi connectivity index (χ0) is 15.2. The Labute approximate surface area is 129 Å². The molecule has 0 aromatic heterocycles. The Hall–Kier alpha value is 0.804. The first kappa shape index (κ1) is 18.9. The maximum atomic E-state index is 6.16. The van der Waals surface area contributed by atoms with Crippen molar-refractivity contribution in [2.45, 2.75) is 31.7 Å². The van der Waals surface area contributed by atoms with E-state index in [-0.39, 0.29) is 0 Å². The molecule has 1 fully saturated rings. The van der Waals surface area contributed by atoms with Crippen LogP contribution in [0.3, 0.4) is 0 Å². The molecule has 0 spiro atoms. The van der Waals surface area contributed by atoms with Crippen molar-refractivity contribution in [3.05, 3.63) is 0 Å². The Morgan fingerprint density at radius 2 is 1.70 bits per heavy atom. The van der Waals surface area contributed by atoms with E-state index in [9.17, 15) is 0 Å². The molecule has 20 heavy (non-hydrogen) atoms. The van der Waals surface area contributed by atoms with E-state index < -0.39 is 45.9 Å². The van der Waals surface area contributed by atoms with E-state index in [0.29, 0.717) is 6.04 Å². The van der Waals surface area contributed by atoms with E-state index >= 15 is 0 Å². The van der Waals surface area contributed by atoms with Crippen molar-refractivity contribution >= 4 is 45.9 Å². The SMILES string of the molecule is CO[Si](CC[Si]1(C)O[SiH2]O[SiH](C)O[SiH](C)O1)(OC)OC. The molecule has 0 N–H and O–H groups in total. The van der Waals surface area contributed by atoms with Gasteiger partial charge >= 0.3 is 17.4 Å². The summed E-state index contributed by atoms with van der Waals surface area (Å²) in [5.41, 5.74) is 0. The van der Waals surface area contributed by atoms with Crippen LogP contribution in [0.25, 0.3) is 0 Å². The maximum Gasteiger partial charge on any atom is 0.500 e. The monoisotopic (exact) mass is 374 g/mol. The Morgan fingerprint density at radius 1 is 1.10 bits per heavy atom. The molecular weight excluding hydrogens is 349 g/mol. The Bertz CT molecular complexity index is 286. The predicted octanol–water partition coefficient (Wildman–Crippen LogP) is -0.284. The highest BCUT2D eigenvalue weighted by molar-refractivity contribution is 6.79. The van der Waals surface area contributed by atoms with Gasteiger partial charge in [0, 0.05) is 27.4 Å². The highest BCUT2D eigenvalue weighted by Crippen LogP contribution is 2.25. The third-order valence-electron chi connectivity index (χ3n) is 3.28. The summed E-state index contributed by atoms with van der Waals surface area (Å²) in [6.07, 6.45) is 0. The van der Waals surface area contributed by atoms with E-state index in [2.05, 4.69) is 6.55 Å². The lowest BCUT2D eigenvalue weighted by Gasteiger charge is -2.35. The molecule has 12 heteroatoms. The van der Waals surface area contributed by atoms with Crippen LogP contribution in [-0.2, 0) is 29.7 Å². The molecule has 120 valence electrons. The highest BCUT2D eigenvalue weighted by atomic mass is 28.5. The van der Waals surface area contributed by atoms with Crippen molar-refractivity contribution in [3.63, 3.8) is 0 Å². The van der Waals surface area contributed by atoms with E-state index in [0.717, 1.165) is 6.04 Å². The van der Waals surface area contributed by atoms with Crippen LogP contribution in [0.5, 0.6) is 0 Å². The number of rotatable bonds is 6. The zero-order valence-electron chi connectivity index (χ0n) is 13.1. The molecule has 1 aliphatic heterocycles. The first-order valence-electron chi connectivity index (χ1n) is 6.63.